The Bertz CT molecular complexity index is 1550. The van der Waals surface area contributed by atoms with Gasteiger partial charge in [0.15, 0.2) is 0 Å². The van der Waals surface area contributed by atoms with E-state index in [9.17, 15) is 36.1 Å². The quantitative estimate of drug-likeness (QED) is 0.0413. The van der Waals surface area contributed by atoms with Gasteiger partial charge < -0.3 is 9.11 Å². The number of nitro groups is 1. The van der Waals surface area contributed by atoms with Crippen molar-refractivity contribution in [2.75, 3.05) is 5.43 Å². The zero-order valence-electron chi connectivity index (χ0n) is 19.1. The fraction of sp³-hybridized carbons (Fsp3) is 0. The van der Waals surface area contributed by atoms with Crippen molar-refractivity contribution in [2.45, 2.75) is 9.79 Å². The molecule has 182 valence electrons. The number of nitro benzene ring substituents is 1. The second kappa shape index (κ2) is 14.2. The largest absolute Gasteiger partial charge is 1.00 e. The van der Waals surface area contributed by atoms with Crippen LogP contribution in [0.25, 0.3) is 0 Å². The van der Waals surface area contributed by atoms with Gasteiger partial charge in [0.1, 0.15) is 20.2 Å². The number of nitrogens with zero attached hydrogens (tertiary/aromatic N) is 4. The van der Waals surface area contributed by atoms with Crippen LogP contribution < -0.4 is 64.5 Å². The predicted octanol–water partition coefficient (Wildman–Crippen LogP) is -2.43. The van der Waals surface area contributed by atoms with Crippen molar-refractivity contribution in [1.29, 1.82) is 0 Å². The first-order valence-corrected chi connectivity index (χ1v) is 13.1. The number of anilines is 1. The first kappa shape index (κ1) is 33.7. The molecule has 3 aromatic rings. The number of benzene rings is 3. The summed E-state index contributed by atoms with van der Waals surface area (Å²) in [6.45, 7) is 0. The second-order valence-electron chi connectivity index (χ2n) is 6.59. The molecule has 0 saturated carbocycles. The molecular weight excluding hydrogens is 663 g/mol. The van der Waals surface area contributed by atoms with Crippen molar-refractivity contribution in [3.63, 3.8) is 0 Å². The van der Waals surface area contributed by atoms with Crippen molar-refractivity contribution in [3.05, 3.63) is 86.0 Å². The van der Waals surface area contributed by atoms with E-state index < -0.39 is 46.3 Å². The Labute approximate surface area is 269 Å². The van der Waals surface area contributed by atoms with E-state index in [1.807, 2.05) is 0 Å². The summed E-state index contributed by atoms with van der Waals surface area (Å²) >= 11 is 2.08. The van der Waals surface area contributed by atoms with E-state index in [2.05, 4.69) is 43.3 Å². The molecule has 13 nitrogen and oxygen atoms in total. The topological polar surface area (TPSA) is 207 Å². The number of azo groups is 1. The third-order valence-corrected chi connectivity index (χ3v) is 6.63. The van der Waals surface area contributed by atoms with Crippen LogP contribution in [-0.2, 0) is 20.2 Å². The maximum Gasteiger partial charge on any atom is 1.00 e. The molecule has 0 saturated heterocycles. The van der Waals surface area contributed by atoms with E-state index in [1.165, 1.54) is 12.1 Å². The fourth-order valence-corrected chi connectivity index (χ4v) is 4.21. The van der Waals surface area contributed by atoms with Gasteiger partial charge in [0.05, 0.1) is 26.1 Å². The van der Waals surface area contributed by atoms with Crippen LogP contribution in [0.4, 0.5) is 17.1 Å². The summed E-state index contributed by atoms with van der Waals surface area (Å²) in [4.78, 5) is 8.20. The average molecular weight is 675 g/mol. The first-order chi connectivity index (χ1) is 16.3. The van der Waals surface area contributed by atoms with Crippen LogP contribution in [0.15, 0.2) is 91.9 Å². The molecule has 37 heavy (non-hydrogen) atoms. The summed E-state index contributed by atoms with van der Waals surface area (Å²) < 4.78 is 70.5. The molecule has 18 heteroatoms. The number of halogens is 1. The zero-order chi connectivity index (χ0) is 25.8. The second-order valence-corrected chi connectivity index (χ2v) is 10.6. The fourth-order valence-electron chi connectivity index (χ4n) is 2.57. The van der Waals surface area contributed by atoms with Crippen LogP contribution in [0.5, 0.6) is 0 Å². The standard InChI is InChI=1S/C19H14IN5O8S2.2Na/c20-12-1-3-13(4-2-12)21-23-19(24-22-14-5-7-15(8-6-14)25(26)27)17-10-9-16(34(28,29)30)11-18(17)35(31,32)33;;/h1-11,21H,(H,28,29,30)(H,31,32,33);;/q;2*+1/p-2/b23-19-,24-22?;;. The van der Waals surface area contributed by atoms with Crippen LogP contribution in [0.2, 0.25) is 0 Å². The van der Waals surface area contributed by atoms with Crippen molar-refractivity contribution in [3.8, 4) is 0 Å². The van der Waals surface area contributed by atoms with E-state index in [1.54, 1.807) is 24.3 Å². The van der Waals surface area contributed by atoms with Crippen LogP contribution >= 0.6 is 22.6 Å². The maximum absolute atomic E-state index is 11.9. The van der Waals surface area contributed by atoms with Gasteiger partial charge in [0.25, 0.3) is 5.69 Å². The van der Waals surface area contributed by atoms with Crippen molar-refractivity contribution in [2.24, 2.45) is 15.3 Å². The van der Waals surface area contributed by atoms with Crippen LogP contribution in [0, 0.1) is 13.7 Å². The molecule has 3 aromatic carbocycles. The molecule has 3 rings (SSSR count). The first-order valence-electron chi connectivity index (χ1n) is 9.16. The molecule has 0 amide bonds. The van der Waals surface area contributed by atoms with Gasteiger partial charge in [-0.3, -0.25) is 15.5 Å². The third-order valence-electron chi connectivity index (χ3n) is 4.21. The summed E-state index contributed by atoms with van der Waals surface area (Å²) in [5, 5.41) is 22.5. The average Bonchev–Trinajstić information content (AvgIpc) is 2.79. The molecule has 0 aromatic heterocycles. The SMILES string of the molecule is O=[N+]([O-])c1ccc(N=N/C(=N\Nc2ccc(I)cc2)c2ccc(S(=O)(=O)[O-])cc2S(=O)(=O)[O-])cc1.[Na+].[Na+]. The predicted molar refractivity (Wildman–Crippen MR) is 129 cm³/mol. The Balaban J connectivity index is 0.00000342. The van der Waals surface area contributed by atoms with Gasteiger partial charge >= 0.3 is 59.1 Å². The minimum Gasteiger partial charge on any atom is -0.744 e. The van der Waals surface area contributed by atoms with Gasteiger partial charge in [0.2, 0.25) is 5.84 Å². The minimum absolute atomic E-state index is 0. The molecule has 0 fully saturated rings. The van der Waals surface area contributed by atoms with Gasteiger partial charge in [-0.05, 0) is 77.2 Å². The van der Waals surface area contributed by atoms with Gasteiger partial charge in [-0.1, -0.05) is 0 Å². The summed E-state index contributed by atoms with van der Waals surface area (Å²) in [6.07, 6.45) is 0. The smallest absolute Gasteiger partial charge is 0.744 e. The molecule has 0 aliphatic rings. The van der Waals surface area contributed by atoms with Crippen molar-refractivity contribution >= 4 is 65.7 Å². The summed E-state index contributed by atoms with van der Waals surface area (Å²) in [6, 6.07) is 13.8. The number of hydrazone groups is 1. The molecule has 0 atom stereocenters. The Kier molecular flexibility index (Phi) is 12.9. The number of hydrogen-bond acceptors (Lipinski definition) is 11. The number of hydrogen-bond donors (Lipinski definition) is 1. The van der Waals surface area contributed by atoms with Crippen LogP contribution in [0.3, 0.4) is 0 Å². The molecule has 1 N–H and O–H groups in total. The van der Waals surface area contributed by atoms with Gasteiger partial charge in [-0.15, -0.1) is 10.2 Å². The Morgan fingerprint density at radius 3 is 1.97 bits per heavy atom. The number of rotatable bonds is 7. The Hall–Kier alpha value is -1.32. The maximum atomic E-state index is 11.9. The molecule has 0 aliphatic heterocycles. The van der Waals surface area contributed by atoms with Crippen LogP contribution in [0.1, 0.15) is 5.56 Å². The van der Waals surface area contributed by atoms with E-state index >= 15 is 0 Å². The summed E-state index contributed by atoms with van der Waals surface area (Å²) in [5.74, 6) is -0.453. The molecule has 0 heterocycles. The van der Waals surface area contributed by atoms with Crippen molar-refractivity contribution < 1.29 is 90.0 Å². The van der Waals surface area contributed by atoms with Crippen molar-refractivity contribution in [1.82, 2.24) is 0 Å². The zero-order valence-corrected chi connectivity index (χ0v) is 26.9. The van der Waals surface area contributed by atoms with E-state index in [4.69, 9.17) is 0 Å². The number of nitrogens with one attached hydrogen (secondary N) is 1. The van der Waals surface area contributed by atoms with E-state index in [0.717, 1.165) is 27.8 Å². The monoisotopic (exact) mass is 675 g/mol. The normalized spacial score (nSPS) is 11.9. The molecule has 0 bridgehead atoms. The molecular formula is C19H12IN5Na2O8S2. The number of amidine groups is 1. The molecule has 0 unspecified atom stereocenters. The van der Waals surface area contributed by atoms with Gasteiger partial charge in [-0.25, -0.2) is 16.8 Å². The third kappa shape index (κ3) is 9.74. The molecule has 0 spiro atoms. The van der Waals surface area contributed by atoms with Gasteiger partial charge in [-0.2, -0.15) is 5.10 Å². The van der Waals surface area contributed by atoms with Gasteiger partial charge in [0, 0.05) is 21.3 Å². The summed E-state index contributed by atoms with van der Waals surface area (Å²) in [5.41, 5.74) is 2.57. The van der Waals surface area contributed by atoms with E-state index in [-0.39, 0.29) is 70.5 Å². The molecule has 0 radical (unpaired) electrons. The summed E-state index contributed by atoms with van der Waals surface area (Å²) in [7, 11) is -10.4. The molecule has 0 aliphatic carbocycles. The Morgan fingerprint density at radius 1 is 0.865 bits per heavy atom. The minimum atomic E-state index is -5.29. The van der Waals surface area contributed by atoms with E-state index in [0.29, 0.717) is 11.8 Å². The van der Waals surface area contributed by atoms with Crippen LogP contribution in [-0.4, -0.2) is 36.7 Å². The Morgan fingerprint density at radius 2 is 1.46 bits per heavy atom. The number of non-ortho nitro benzene ring substituents is 1.